The van der Waals surface area contributed by atoms with Gasteiger partial charge >= 0.3 is 0 Å². The number of aromatic nitrogens is 2. The molecule has 0 aliphatic rings. The van der Waals surface area contributed by atoms with E-state index < -0.39 is 0 Å². The van der Waals surface area contributed by atoms with Gasteiger partial charge in [-0.1, -0.05) is 40.9 Å². The second-order valence-electron chi connectivity index (χ2n) is 3.61. The fourth-order valence-electron chi connectivity index (χ4n) is 1.65. The van der Waals surface area contributed by atoms with Gasteiger partial charge in [0.05, 0.1) is 15.2 Å². The summed E-state index contributed by atoms with van der Waals surface area (Å²) in [5.41, 5.74) is 1.74. The molecule has 90 valence electrons. The molecule has 0 fully saturated rings. The molecule has 0 amide bonds. The van der Waals surface area contributed by atoms with Crippen LogP contribution in [-0.4, -0.2) is 9.97 Å². The van der Waals surface area contributed by atoms with Gasteiger partial charge in [0.1, 0.15) is 11.5 Å². The van der Waals surface area contributed by atoms with Crippen molar-refractivity contribution < 1.29 is 0 Å². The predicted molar refractivity (Wildman–Crippen MR) is 77.9 cm³/mol. The monoisotopic (exact) mass is 314 g/mol. The van der Waals surface area contributed by atoms with Crippen LogP contribution in [0.25, 0.3) is 20.7 Å². The molecular formula is C12H5Cl3N2S. The zero-order chi connectivity index (χ0) is 12.7. The molecule has 3 rings (SSSR count). The van der Waals surface area contributed by atoms with E-state index in [1.54, 1.807) is 12.1 Å². The summed E-state index contributed by atoms with van der Waals surface area (Å²) in [7, 11) is 0. The third-order valence-corrected chi connectivity index (χ3v) is 4.58. The maximum Gasteiger partial charge on any atom is 0.150 e. The first-order valence-corrected chi connectivity index (χ1v) is 6.95. The number of fused-ring (bicyclic) bond motifs is 1. The highest BCUT2D eigenvalue weighted by Gasteiger charge is 2.11. The average Bonchev–Trinajstić information content (AvgIpc) is 2.74. The van der Waals surface area contributed by atoms with Crippen molar-refractivity contribution >= 4 is 56.4 Å². The number of rotatable bonds is 1. The molecule has 6 heteroatoms. The molecule has 2 nitrogen and oxygen atoms in total. The van der Waals surface area contributed by atoms with Gasteiger partial charge in [0.2, 0.25) is 0 Å². The van der Waals surface area contributed by atoms with E-state index in [-0.39, 0.29) is 0 Å². The Labute approximate surface area is 122 Å². The Morgan fingerprint density at radius 1 is 1.00 bits per heavy atom. The van der Waals surface area contributed by atoms with E-state index in [0.717, 1.165) is 20.7 Å². The van der Waals surface area contributed by atoms with Crippen LogP contribution in [-0.2, 0) is 0 Å². The number of nitrogens with zero attached hydrogens (tertiary/aromatic N) is 2. The maximum atomic E-state index is 6.18. The first kappa shape index (κ1) is 12.2. The molecule has 1 aromatic carbocycles. The van der Waals surface area contributed by atoms with Crippen LogP contribution in [0.1, 0.15) is 0 Å². The number of hydrogen-bond donors (Lipinski definition) is 0. The Hall–Kier alpha value is -0.870. The highest BCUT2D eigenvalue weighted by molar-refractivity contribution is 7.22. The fraction of sp³-hybridized carbons (Fsp3) is 0. The quantitative estimate of drug-likeness (QED) is 0.568. The van der Waals surface area contributed by atoms with E-state index in [4.69, 9.17) is 34.8 Å². The molecule has 0 radical (unpaired) electrons. The Bertz CT molecular complexity index is 739. The zero-order valence-corrected chi connectivity index (χ0v) is 11.9. The predicted octanol–water partition coefficient (Wildman–Crippen LogP) is 5.32. The first-order valence-electron chi connectivity index (χ1n) is 5.00. The summed E-state index contributed by atoms with van der Waals surface area (Å²) in [4.78, 5) is 9.14. The largest absolute Gasteiger partial charge is 0.235 e. The van der Waals surface area contributed by atoms with Gasteiger partial charge in [0.15, 0.2) is 0 Å². The van der Waals surface area contributed by atoms with Crippen LogP contribution in [0.15, 0.2) is 30.6 Å². The molecule has 2 aromatic heterocycles. The van der Waals surface area contributed by atoms with Crippen molar-refractivity contribution in [2.24, 2.45) is 0 Å². The summed E-state index contributed by atoms with van der Waals surface area (Å²) < 4.78 is 0.861. The van der Waals surface area contributed by atoms with Crippen molar-refractivity contribution in [3.8, 4) is 10.4 Å². The van der Waals surface area contributed by atoms with Gasteiger partial charge < -0.3 is 0 Å². The molecule has 0 saturated carbocycles. The van der Waals surface area contributed by atoms with E-state index in [0.29, 0.717) is 15.2 Å². The molecule has 2 heterocycles. The third kappa shape index (κ3) is 2.08. The number of hydrogen-bond acceptors (Lipinski definition) is 3. The summed E-state index contributed by atoms with van der Waals surface area (Å²) in [5.74, 6) is 0. The van der Waals surface area contributed by atoms with Crippen molar-refractivity contribution in [2.45, 2.75) is 0 Å². The molecule has 0 unspecified atom stereocenters. The minimum atomic E-state index is 0.460. The lowest BCUT2D eigenvalue weighted by Crippen LogP contribution is -1.76. The van der Waals surface area contributed by atoms with Crippen LogP contribution in [0.2, 0.25) is 15.2 Å². The third-order valence-electron chi connectivity index (χ3n) is 2.46. The molecule has 0 N–H and O–H groups in total. The Morgan fingerprint density at radius 3 is 2.56 bits per heavy atom. The second-order valence-corrected chi connectivity index (χ2v) is 5.87. The summed E-state index contributed by atoms with van der Waals surface area (Å²) in [6.45, 7) is 0. The lowest BCUT2D eigenvalue weighted by molar-refractivity contribution is 1.23. The topological polar surface area (TPSA) is 25.8 Å². The smallest absolute Gasteiger partial charge is 0.150 e. The summed E-state index contributed by atoms with van der Waals surface area (Å²) in [6, 6.07) is 7.36. The first-order chi connectivity index (χ1) is 8.65. The second kappa shape index (κ2) is 4.67. The van der Waals surface area contributed by atoms with E-state index in [1.165, 1.54) is 17.7 Å². The number of benzene rings is 1. The fourth-order valence-corrected chi connectivity index (χ4v) is 3.50. The summed E-state index contributed by atoms with van der Waals surface area (Å²) >= 11 is 19.6. The highest BCUT2D eigenvalue weighted by atomic mass is 35.5. The van der Waals surface area contributed by atoms with E-state index >= 15 is 0 Å². The molecule has 0 spiro atoms. The van der Waals surface area contributed by atoms with Crippen LogP contribution in [0.3, 0.4) is 0 Å². The minimum absolute atomic E-state index is 0.460. The Morgan fingerprint density at radius 2 is 1.83 bits per heavy atom. The van der Waals surface area contributed by atoms with Crippen LogP contribution in [0.5, 0.6) is 0 Å². The van der Waals surface area contributed by atoms with Crippen molar-refractivity contribution in [3.63, 3.8) is 0 Å². The molecule has 0 aliphatic heterocycles. The lowest BCUT2D eigenvalue weighted by Gasteiger charge is -2.00. The molecule has 0 aliphatic carbocycles. The van der Waals surface area contributed by atoms with Crippen molar-refractivity contribution in [1.82, 2.24) is 9.97 Å². The lowest BCUT2D eigenvalue weighted by atomic mass is 10.2. The van der Waals surface area contributed by atoms with Gasteiger partial charge in [-0.25, -0.2) is 9.97 Å². The van der Waals surface area contributed by atoms with Gasteiger partial charge in [-0.3, -0.25) is 0 Å². The molecular weight excluding hydrogens is 311 g/mol. The van der Waals surface area contributed by atoms with Gasteiger partial charge in [0, 0.05) is 15.5 Å². The van der Waals surface area contributed by atoms with Gasteiger partial charge in [-0.2, -0.15) is 0 Å². The highest BCUT2D eigenvalue weighted by Crippen LogP contribution is 2.38. The molecule has 3 aromatic rings. The van der Waals surface area contributed by atoms with Gasteiger partial charge in [-0.15, -0.1) is 11.3 Å². The Kier molecular flexibility index (Phi) is 3.16. The standard InChI is InChI=1S/C12H5Cl3N2S/c13-6-1-2-7(8(14)3-6)10-4-9-11(18-10)12(15)17-5-16-9/h1-5H. The van der Waals surface area contributed by atoms with Crippen LogP contribution in [0, 0.1) is 0 Å². The van der Waals surface area contributed by atoms with Crippen LogP contribution in [0.4, 0.5) is 0 Å². The van der Waals surface area contributed by atoms with E-state index in [1.807, 2.05) is 12.1 Å². The Balaban J connectivity index is 2.23. The van der Waals surface area contributed by atoms with E-state index in [9.17, 15) is 0 Å². The van der Waals surface area contributed by atoms with Crippen molar-refractivity contribution in [3.05, 3.63) is 45.8 Å². The number of halogens is 3. The molecule has 0 atom stereocenters. The molecule has 0 saturated heterocycles. The molecule has 0 bridgehead atoms. The van der Waals surface area contributed by atoms with Crippen LogP contribution < -0.4 is 0 Å². The molecule has 18 heavy (non-hydrogen) atoms. The SMILES string of the molecule is Clc1ccc(-c2cc3ncnc(Cl)c3s2)c(Cl)c1. The normalized spacial score (nSPS) is 11.1. The van der Waals surface area contributed by atoms with Crippen molar-refractivity contribution in [1.29, 1.82) is 0 Å². The van der Waals surface area contributed by atoms with Crippen molar-refractivity contribution in [2.75, 3.05) is 0 Å². The van der Waals surface area contributed by atoms with Gasteiger partial charge in [0.25, 0.3) is 0 Å². The zero-order valence-electron chi connectivity index (χ0n) is 8.82. The summed E-state index contributed by atoms with van der Waals surface area (Å²) in [6.07, 6.45) is 1.45. The van der Waals surface area contributed by atoms with Gasteiger partial charge in [-0.05, 0) is 18.2 Å². The summed E-state index contributed by atoms with van der Waals surface area (Å²) in [5, 5.41) is 1.68. The van der Waals surface area contributed by atoms with Crippen LogP contribution >= 0.6 is 46.1 Å². The minimum Gasteiger partial charge on any atom is -0.235 e. The van der Waals surface area contributed by atoms with E-state index in [2.05, 4.69) is 9.97 Å². The number of thiophene rings is 1. The maximum absolute atomic E-state index is 6.18. The average molecular weight is 316 g/mol.